The molecule has 2 rings (SSSR count). The van der Waals surface area contributed by atoms with Crippen molar-refractivity contribution in [3.63, 3.8) is 0 Å². The SMILES string of the molecule is CCN(C(C)=O)C(C(=O)O)c1ccc2ncccc2c1. The van der Waals surface area contributed by atoms with Gasteiger partial charge in [-0.2, -0.15) is 0 Å². The van der Waals surface area contributed by atoms with Crippen LogP contribution in [0.3, 0.4) is 0 Å². The summed E-state index contributed by atoms with van der Waals surface area (Å²) in [5, 5.41) is 10.3. The van der Waals surface area contributed by atoms with Crippen LogP contribution in [0.1, 0.15) is 25.5 Å². The number of aliphatic carboxylic acids is 1. The fourth-order valence-corrected chi connectivity index (χ4v) is 2.31. The van der Waals surface area contributed by atoms with E-state index >= 15 is 0 Å². The molecule has 0 saturated heterocycles. The molecule has 1 amide bonds. The topological polar surface area (TPSA) is 70.5 Å². The maximum atomic E-state index is 11.6. The van der Waals surface area contributed by atoms with Gasteiger partial charge in [-0.3, -0.25) is 9.78 Å². The van der Waals surface area contributed by atoms with Crippen LogP contribution in [0.15, 0.2) is 36.5 Å². The number of carboxylic acids is 1. The Kier molecular flexibility index (Phi) is 3.98. The quantitative estimate of drug-likeness (QED) is 0.926. The van der Waals surface area contributed by atoms with E-state index in [2.05, 4.69) is 4.98 Å². The number of fused-ring (bicyclic) bond motifs is 1. The van der Waals surface area contributed by atoms with Gasteiger partial charge < -0.3 is 10.0 Å². The fourth-order valence-electron chi connectivity index (χ4n) is 2.31. The number of benzene rings is 1. The summed E-state index contributed by atoms with van der Waals surface area (Å²) >= 11 is 0. The Morgan fingerprint density at radius 2 is 2.10 bits per heavy atom. The van der Waals surface area contributed by atoms with E-state index in [1.807, 2.05) is 6.07 Å². The highest BCUT2D eigenvalue weighted by Gasteiger charge is 2.28. The molecule has 1 aromatic carbocycles. The molecule has 20 heavy (non-hydrogen) atoms. The Labute approximate surface area is 116 Å². The lowest BCUT2D eigenvalue weighted by molar-refractivity contribution is -0.149. The van der Waals surface area contributed by atoms with Gasteiger partial charge in [-0.05, 0) is 30.7 Å². The second kappa shape index (κ2) is 5.69. The molecule has 0 bridgehead atoms. The lowest BCUT2D eigenvalue weighted by Crippen LogP contribution is -2.37. The summed E-state index contributed by atoms with van der Waals surface area (Å²) in [6, 6.07) is 7.95. The number of carbonyl (C=O) groups excluding carboxylic acids is 1. The first kappa shape index (κ1) is 14.0. The Balaban J connectivity index is 2.51. The van der Waals surface area contributed by atoms with Crippen LogP contribution in [0.4, 0.5) is 0 Å². The van der Waals surface area contributed by atoms with Crippen molar-refractivity contribution < 1.29 is 14.7 Å². The zero-order chi connectivity index (χ0) is 14.7. The van der Waals surface area contributed by atoms with Crippen molar-refractivity contribution in [1.82, 2.24) is 9.88 Å². The van der Waals surface area contributed by atoms with E-state index in [1.54, 1.807) is 37.4 Å². The number of pyridine rings is 1. The minimum Gasteiger partial charge on any atom is -0.479 e. The Hall–Kier alpha value is -2.43. The summed E-state index contributed by atoms with van der Waals surface area (Å²) in [6.45, 7) is 3.49. The maximum Gasteiger partial charge on any atom is 0.331 e. The van der Waals surface area contributed by atoms with Gasteiger partial charge >= 0.3 is 5.97 Å². The molecule has 1 aromatic heterocycles. The second-order valence-electron chi connectivity index (χ2n) is 4.50. The first-order valence-electron chi connectivity index (χ1n) is 6.39. The zero-order valence-electron chi connectivity index (χ0n) is 11.4. The van der Waals surface area contributed by atoms with Gasteiger partial charge in [0.25, 0.3) is 0 Å². The highest BCUT2D eigenvalue weighted by Crippen LogP contribution is 2.24. The Bertz CT molecular complexity index is 654. The number of nitrogens with zero attached hydrogens (tertiary/aromatic N) is 2. The van der Waals surface area contributed by atoms with E-state index in [1.165, 1.54) is 11.8 Å². The lowest BCUT2D eigenvalue weighted by atomic mass is 10.0. The molecule has 0 aliphatic carbocycles. The van der Waals surface area contributed by atoms with E-state index in [0.29, 0.717) is 12.1 Å². The van der Waals surface area contributed by atoms with Gasteiger partial charge in [0.05, 0.1) is 5.52 Å². The number of carboxylic acid groups (broad SMARTS) is 1. The average Bonchev–Trinajstić information content (AvgIpc) is 2.43. The van der Waals surface area contributed by atoms with Crippen LogP contribution in [-0.2, 0) is 9.59 Å². The van der Waals surface area contributed by atoms with Crippen molar-refractivity contribution in [2.45, 2.75) is 19.9 Å². The summed E-state index contributed by atoms with van der Waals surface area (Å²) in [6.07, 6.45) is 1.69. The largest absolute Gasteiger partial charge is 0.479 e. The van der Waals surface area contributed by atoms with Crippen molar-refractivity contribution in [1.29, 1.82) is 0 Å². The molecule has 0 fully saturated rings. The normalized spacial score (nSPS) is 12.1. The van der Waals surface area contributed by atoms with Crippen molar-refractivity contribution in [3.8, 4) is 0 Å². The van der Waals surface area contributed by atoms with Crippen LogP contribution >= 0.6 is 0 Å². The third-order valence-corrected chi connectivity index (χ3v) is 3.23. The first-order valence-corrected chi connectivity index (χ1v) is 6.39. The number of carbonyl (C=O) groups is 2. The molecule has 1 N–H and O–H groups in total. The molecule has 0 saturated carbocycles. The lowest BCUT2D eigenvalue weighted by Gasteiger charge is -2.27. The molecule has 0 aliphatic rings. The number of likely N-dealkylation sites (N-methyl/N-ethyl adjacent to an activating group) is 1. The monoisotopic (exact) mass is 272 g/mol. The van der Waals surface area contributed by atoms with Gasteiger partial charge in [0.2, 0.25) is 5.91 Å². The van der Waals surface area contributed by atoms with Crippen molar-refractivity contribution in [3.05, 3.63) is 42.1 Å². The van der Waals surface area contributed by atoms with E-state index in [4.69, 9.17) is 0 Å². The number of rotatable bonds is 4. The summed E-state index contributed by atoms with van der Waals surface area (Å²) in [4.78, 5) is 28.7. The van der Waals surface area contributed by atoms with Crippen LogP contribution in [-0.4, -0.2) is 33.4 Å². The predicted octanol–water partition coefficient (Wildman–Crippen LogP) is 2.23. The van der Waals surface area contributed by atoms with Crippen LogP contribution in [0, 0.1) is 0 Å². The standard InChI is InChI=1S/C15H16N2O3/c1-3-17(10(2)18)14(15(19)20)12-6-7-13-11(9-12)5-4-8-16-13/h4-9,14H,3H2,1-2H3,(H,19,20). The van der Waals surface area contributed by atoms with E-state index in [0.717, 1.165) is 10.9 Å². The molecule has 0 aliphatic heterocycles. The van der Waals surface area contributed by atoms with Crippen molar-refractivity contribution in [2.24, 2.45) is 0 Å². The fraction of sp³-hybridized carbons (Fsp3) is 0.267. The summed E-state index contributed by atoms with van der Waals surface area (Å²) in [7, 11) is 0. The van der Waals surface area contributed by atoms with E-state index < -0.39 is 12.0 Å². The third kappa shape index (κ3) is 2.61. The maximum absolute atomic E-state index is 11.6. The summed E-state index contributed by atoms with van der Waals surface area (Å²) in [5.74, 6) is -1.29. The molecular weight excluding hydrogens is 256 g/mol. The molecule has 0 radical (unpaired) electrons. The number of aromatic nitrogens is 1. The molecule has 0 spiro atoms. The second-order valence-corrected chi connectivity index (χ2v) is 4.50. The van der Waals surface area contributed by atoms with Crippen LogP contribution in [0.25, 0.3) is 10.9 Å². The van der Waals surface area contributed by atoms with Gasteiger partial charge in [-0.15, -0.1) is 0 Å². The summed E-state index contributed by atoms with van der Waals surface area (Å²) in [5.41, 5.74) is 1.38. The van der Waals surface area contributed by atoms with Crippen molar-refractivity contribution in [2.75, 3.05) is 6.54 Å². The molecule has 104 valence electrons. The first-order chi connectivity index (χ1) is 9.54. The van der Waals surface area contributed by atoms with Gasteiger partial charge in [-0.25, -0.2) is 4.79 Å². The average molecular weight is 272 g/mol. The van der Waals surface area contributed by atoms with Gasteiger partial charge in [0, 0.05) is 25.1 Å². The van der Waals surface area contributed by atoms with Crippen LogP contribution in [0.2, 0.25) is 0 Å². The van der Waals surface area contributed by atoms with Crippen LogP contribution in [0.5, 0.6) is 0 Å². The zero-order valence-corrected chi connectivity index (χ0v) is 11.4. The Morgan fingerprint density at radius 3 is 2.70 bits per heavy atom. The van der Waals surface area contributed by atoms with Crippen LogP contribution < -0.4 is 0 Å². The van der Waals surface area contributed by atoms with Gasteiger partial charge in [0.15, 0.2) is 6.04 Å². The Morgan fingerprint density at radius 1 is 1.35 bits per heavy atom. The molecule has 1 unspecified atom stereocenters. The number of hydrogen-bond donors (Lipinski definition) is 1. The predicted molar refractivity (Wildman–Crippen MR) is 75.2 cm³/mol. The highest BCUT2D eigenvalue weighted by molar-refractivity contribution is 5.86. The minimum atomic E-state index is -1.04. The molecule has 2 aromatic rings. The van der Waals surface area contributed by atoms with Gasteiger partial charge in [-0.1, -0.05) is 12.1 Å². The minimum absolute atomic E-state index is 0.258. The van der Waals surface area contributed by atoms with E-state index in [-0.39, 0.29) is 5.91 Å². The smallest absolute Gasteiger partial charge is 0.331 e. The summed E-state index contributed by atoms with van der Waals surface area (Å²) < 4.78 is 0. The number of hydrogen-bond acceptors (Lipinski definition) is 3. The highest BCUT2D eigenvalue weighted by atomic mass is 16.4. The molecule has 5 heteroatoms. The molecule has 5 nitrogen and oxygen atoms in total. The molecule has 1 atom stereocenters. The van der Waals surface area contributed by atoms with Gasteiger partial charge in [0.1, 0.15) is 0 Å². The third-order valence-electron chi connectivity index (χ3n) is 3.23. The molecular formula is C15H16N2O3. The van der Waals surface area contributed by atoms with Crippen molar-refractivity contribution >= 4 is 22.8 Å². The number of amides is 1. The molecule has 1 heterocycles. The van der Waals surface area contributed by atoms with E-state index in [9.17, 15) is 14.7 Å².